The van der Waals surface area contributed by atoms with Crippen molar-refractivity contribution in [1.82, 2.24) is 9.78 Å². The summed E-state index contributed by atoms with van der Waals surface area (Å²) in [6.45, 7) is 2.84. The van der Waals surface area contributed by atoms with E-state index < -0.39 is 0 Å². The third-order valence-corrected chi connectivity index (χ3v) is 1.95. The standard InChI is InChI=1S/C9H11N3O2/c1-2-14-9(13)7-6-11-12-5-3-4-10-8(7)12/h3-4,6,10H,2,5H2,1H3. The predicted molar refractivity (Wildman–Crippen MR) is 50.9 cm³/mol. The zero-order chi connectivity index (χ0) is 9.97. The van der Waals surface area contributed by atoms with E-state index >= 15 is 0 Å². The van der Waals surface area contributed by atoms with Crippen molar-refractivity contribution in [3.63, 3.8) is 0 Å². The van der Waals surface area contributed by atoms with Gasteiger partial charge in [0.15, 0.2) is 0 Å². The number of rotatable bonds is 2. The predicted octanol–water partition coefficient (Wildman–Crippen LogP) is 0.999. The average Bonchev–Trinajstić information content (AvgIpc) is 2.61. The van der Waals surface area contributed by atoms with Crippen LogP contribution in [0.3, 0.4) is 0 Å². The Morgan fingerprint density at radius 3 is 3.43 bits per heavy atom. The van der Waals surface area contributed by atoms with Crippen molar-refractivity contribution >= 4 is 11.8 Å². The van der Waals surface area contributed by atoms with Gasteiger partial charge in [0, 0.05) is 6.20 Å². The fourth-order valence-corrected chi connectivity index (χ4v) is 1.32. The van der Waals surface area contributed by atoms with Gasteiger partial charge in [-0.15, -0.1) is 0 Å². The second-order valence-electron chi connectivity index (χ2n) is 2.86. The van der Waals surface area contributed by atoms with Crippen molar-refractivity contribution in [2.75, 3.05) is 11.9 Å². The molecule has 1 aliphatic heterocycles. The molecule has 5 heteroatoms. The van der Waals surface area contributed by atoms with Crippen LogP contribution in [0.1, 0.15) is 17.3 Å². The highest BCUT2D eigenvalue weighted by molar-refractivity contribution is 5.94. The Hall–Kier alpha value is -1.78. The smallest absolute Gasteiger partial charge is 0.343 e. The zero-order valence-corrected chi connectivity index (χ0v) is 7.86. The van der Waals surface area contributed by atoms with E-state index in [1.807, 2.05) is 6.08 Å². The molecule has 14 heavy (non-hydrogen) atoms. The maximum absolute atomic E-state index is 11.4. The highest BCUT2D eigenvalue weighted by Gasteiger charge is 2.18. The molecule has 0 unspecified atom stereocenters. The van der Waals surface area contributed by atoms with Gasteiger partial charge in [0.1, 0.15) is 11.4 Å². The molecule has 1 N–H and O–H groups in total. The summed E-state index contributed by atoms with van der Waals surface area (Å²) in [6.07, 6.45) is 5.24. The second-order valence-corrected chi connectivity index (χ2v) is 2.86. The SMILES string of the molecule is CCOC(=O)c1cnn2c1NC=CC2. The van der Waals surface area contributed by atoms with Gasteiger partial charge in [0.05, 0.1) is 19.3 Å². The van der Waals surface area contributed by atoms with E-state index in [9.17, 15) is 4.79 Å². The van der Waals surface area contributed by atoms with Crippen molar-refractivity contribution in [2.24, 2.45) is 0 Å². The van der Waals surface area contributed by atoms with E-state index in [0.29, 0.717) is 24.5 Å². The number of hydrogen-bond donors (Lipinski definition) is 1. The number of allylic oxidation sites excluding steroid dienone is 1. The van der Waals surface area contributed by atoms with Gasteiger partial charge in [-0.05, 0) is 13.0 Å². The Kier molecular flexibility index (Phi) is 2.22. The number of fused-ring (bicyclic) bond motifs is 1. The molecule has 1 aliphatic rings. The lowest BCUT2D eigenvalue weighted by Gasteiger charge is -2.10. The summed E-state index contributed by atoms with van der Waals surface area (Å²) in [5.41, 5.74) is 0.483. The van der Waals surface area contributed by atoms with Crippen LogP contribution in [0.4, 0.5) is 5.82 Å². The average molecular weight is 193 g/mol. The van der Waals surface area contributed by atoms with Gasteiger partial charge in [-0.25, -0.2) is 9.48 Å². The molecular formula is C9H11N3O2. The monoisotopic (exact) mass is 193 g/mol. The summed E-state index contributed by atoms with van der Waals surface area (Å²) in [5, 5.41) is 7.03. The molecular weight excluding hydrogens is 182 g/mol. The molecule has 0 radical (unpaired) electrons. The summed E-state index contributed by atoms with van der Waals surface area (Å²) in [7, 11) is 0. The maximum atomic E-state index is 11.4. The van der Waals surface area contributed by atoms with Gasteiger partial charge >= 0.3 is 5.97 Å². The maximum Gasteiger partial charge on any atom is 0.343 e. The van der Waals surface area contributed by atoms with E-state index in [1.54, 1.807) is 17.8 Å². The first-order chi connectivity index (χ1) is 6.83. The highest BCUT2D eigenvalue weighted by atomic mass is 16.5. The number of esters is 1. The van der Waals surface area contributed by atoms with Crippen LogP contribution in [0.2, 0.25) is 0 Å². The lowest BCUT2D eigenvalue weighted by atomic mass is 10.3. The summed E-state index contributed by atoms with van der Waals surface area (Å²) < 4.78 is 6.61. The van der Waals surface area contributed by atoms with Gasteiger partial charge in [0.25, 0.3) is 0 Å². The van der Waals surface area contributed by atoms with Gasteiger partial charge in [-0.3, -0.25) is 0 Å². The van der Waals surface area contributed by atoms with E-state index in [-0.39, 0.29) is 5.97 Å². The van der Waals surface area contributed by atoms with E-state index in [2.05, 4.69) is 10.4 Å². The molecule has 0 amide bonds. The first-order valence-corrected chi connectivity index (χ1v) is 4.47. The first-order valence-electron chi connectivity index (χ1n) is 4.47. The Morgan fingerprint density at radius 2 is 2.64 bits per heavy atom. The summed E-state index contributed by atoms with van der Waals surface area (Å²) in [5.74, 6) is 0.363. The highest BCUT2D eigenvalue weighted by Crippen LogP contribution is 2.18. The quantitative estimate of drug-likeness (QED) is 0.712. The van der Waals surface area contributed by atoms with Crippen molar-refractivity contribution in [2.45, 2.75) is 13.5 Å². The number of anilines is 1. The Balaban J connectivity index is 2.28. The molecule has 1 aromatic rings. The molecule has 0 fully saturated rings. The molecule has 1 aromatic heterocycles. The molecule has 5 nitrogen and oxygen atoms in total. The van der Waals surface area contributed by atoms with Gasteiger partial charge in [0.2, 0.25) is 0 Å². The number of nitrogens with one attached hydrogen (secondary N) is 1. The van der Waals surface area contributed by atoms with E-state index in [1.165, 1.54) is 6.20 Å². The molecule has 0 bridgehead atoms. The number of carbonyl (C=O) groups is 1. The van der Waals surface area contributed by atoms with Crippen LogP contribution in [0.15, 0.2) is 18.5 Å². The minimum atomic E-state index is -0.337. The molecule has 0 spiro atoms. The Labute approximate surface area is 81.4 Å². The molecule has 0 aromatic carbocycles. The first kappa shape index (κ1) is 8.80. The molecule has 0 saturated heterocycles. The molecule has 0 atom stereocenters. The number of hydrogen-bond acceptors (Lipinski definition) is 4. The molecule has 74 valence electrons. The Morgan fingerprint density at radius 1 is 1.79 bits per heavy atom. The van der Waals surface area contributed by atoms with Crippen LogP contribution in [0.25, 0.3) is 0 Å². The lowest BCUT2D eigenvalue weighted by molar-refractivity contribution is 0.0527. The van der Waals surface area contributed by atoms with Crippen molar-refractivity contribution in [3.8, 4) is 0 Å². The molecule has 0 aliphatic carbocycles. The fraction of sp³-hybridized carbons (Fsp3) is 0.333. The minimum Gasteiger partial charge on any atom is -0.462 e. The number of nitrogens with zero attached hydrogens (tertiary/aromatic N) is 2. The second kappa shape index (κ2) is 3.53. The van der Waals surface area contributed by atoms with Crippen LogP contribution in [0.5, 0.6) is 0 Å². The van der Waals surface area contributed by atoms with Gasteiger partial charge in [-0.2, -0.15) is 5.10 Å². The van der Waals surface area contributed by atoms with Crippen molar-refractivity contribution in [3.05, 3.63) is 24.0 Å². The van der Waals surface area contributed by atoms with Crippen LogP contribution in [0, 0.1) is 0 Å². The lowest BCUT2D eigenvalue weighted by Crippen LogP contribution is -2.12. The molecule has 2 heterocycles. The number of ether oxygens (including phenoxy) is 1. The van der Waals surface area contributed by atoms with Crippen molar-refractivity contribution in [1.29, 1.82) is 0 Å². The number of aromatic nitrogens is 2. The third-order valence-electron chi connectivity index (χ3n) is 1.95. The zero-order valence-electron chi connectivity index (χ0n) is 7.86. The largest absolute Gasteiger partial charge is 0.462 e. The van der Waals surface area contributed by atoms with E-state index in [4.69, 9.17) is 4.74 Å². The molecule has 2 rings (SSSR count). The Bertz CT molecular complexity index is 381. The van der Waals surface area contributed by atoms with Crippen LogP contribution < -0.4 is 5.32 Å². The topological polar surface area (TPSA) is 56.1 Å². The summed E-state index contributed by atoms with van der Waals surface area (Å²) in [6, 6.07) is 0. The fourth-order valence-electron chi connectivity index (χ4n) is 1.32. The number of carbonyl (C=O) groups excluding carboxylic acids is 1. The molecule has 0 saturated carbocycles. The minimum absolute atomic E-state index is 0.337. The summed E-state index contributed by atoms with van der Waals surface area (Å²) >= 11 is 0. The summed E-state index contributed by atoms with van der Waals surface area (Å²) in [4.78, 5) is 11.4. The van der Waals surface area contributed by atoms with Crippen LogP contribution in [-0.4, -0.2) is 22.4 Å². The van der Waals surface area contributed by atoms with Gasteiger partial charge in [-0.1, -0.05) is 0 Å². The normalized spacial score (nSPS) is 13.2. The van der Waals surface area contributed by atoms with Gasteiger partial charge < -0.3 is 10.1 Å². The third kappa shape index (κ3) is 1.37. The van der Waals surface area contributed by atoms with Crippen LogP contribution >= 0.6 is 0 Å². The van der Waals surface area contributed by atoms with Crippen molar-refractivity contribution < 1.29 is 9.53 Å². The van der Waals surface area contributed by atoms with Crippen LogP contribution in [-0.2, 0) is 11.3 Å². The van der Waals surface area contributed by atoms with E-state index in [0.717, 1.165) is 0 Å².